The highest BCUT2D eigenvalue weighted by atomic mass is 16.2. The summed E-state index contributed by atoms with van der Waals surface area (Å²) in [6, 6.07) is 15.7. The van der Waals surface area contributed by atoms with E-state index in [0.717, 1.165) is 52.8 Å². The summed E-state index contributed by atoms with van der Waals surface area (Å²) in [7, 11) is 0. The predicted octanol–water partition coefficient (Wildman–Crippen LogP) is 4.11. The number of aromatic nitrogens is 3. The number of imidazole rings is 1. The van der Waals surface area contributed by atoms with Crippen molar-refractivity contribution in [3.05, 3.63) is 89.6 Å². The molecular weight excluding hydrogens is 400 g/mol. The van der Waals surface area contributed by atoms with Crippen LogP contribution in [0, 0.1) is 13.8 Å². The van der Waals surface area contributed by atoms with Crippen molar-refractivity contribution in [2.75, 3.05) is 0 Å². The Balaban J connectivity index is 1.58. The Hall–Kier alpha value is -3.93. The quantitative estimate of drug-likeness (QED) is 0.474. The summed E-state index contributed by atoms with van der Waals surface area (Å²) >= 11 is 0. The van der Waals surface area contributed by atoms with Crippen LogP contribution in [0.15, 0.2) is 67.3 Å². The highest BCUT2D eigenvalue weighted by Gasteiger charge is 2.33. The maximum absolute atomic E-state index is 12.9. The molecule has 1 N–H and O–H groups in total. The van der Waals surface area contributed by atoms with Crippen molar-refractivity contribution in [2.45, 2.75) is 33.4 Å². The van der Waals surface area contributed by atoms with Crippen LogP contribution in [0.2, 0.25) is 0 Å². The normalized spacial score (nSPS) is 13.9. The third-order valence-corrected chi connectivity index (χ3v) is 6.01. The third kappa shape index (κ3) is 3.43. The Morgan fingerprint density at radius 3 is 2.47 bits per heavy atom. The Morgan fingerprint density at radius 2 is 1.69 bits per heavy atom. The van der Waals surface area contributed by atoms with Gasteiger partial charge >= 0.3 is 0 Å². The van der Waals surface area contributed by atoms with Gasteiger partial charge in [0, 0.05) is 47.6 Å². The third-order valence-electron chi connectivity index (χ3n) is 6.01. The summed E-state index contributed by atoms with van der Waals surface area (Å²) in [4.78, 5) is 29.8. The number of carbonyl (C=O) groups excluding carboxylic acids is 2. The predicted molar refractivity (Wildman–Crippen MR) is 125 cm³/mol. The fraction of sp³-hybridized carbons (Fsp3) is 0.192. The van der Waals surface area contributed by atoms with Gasteiger partial charge in [0.1, 0.15) is 0 Å². The Morgan fingerprint density at radius 1 is 0.906 bits per heavy atom. The molecule has 5 rings (SSSR count). The van der Waals surface area contributed by atoms with Gasteiger partial charge in [-0.2, -0.15) is 0 Å². The van der Waals surface area contributed by atoms with Crippen LogP contribution in [-0.4, -0.2) is 25.9 Å². The maximum Gasteiger partial charge on any atom is 0.259 e. The Bertz CT molecular complexity index is 1390. The van der Waals surface area contributed by atoms with E-state index in [-0.39, 0.29) is 11.8 Å². The molecule has 3 heterocycles. The van der Waals surface area contributed by atoms with Gasteiger partial charge in [-0.3, -0.25) is 14.9 Å². The van der Waals surface area contributed by atoms with Gasteiger partial charge in [0.15, 0.2) is 0 Å². The average Bonchev–Trinajstić information content (AvgIpc) is 3.43. The number of carbonyl (C=O) groups is 2. The molecule has 32 heavy (non-hydrogen) atoms. The smallest absolute Gasteiger partial charge is 0.259 e. The summed E-state index contributed by atoms with van der Waals surface area (Å²) < 4.78 is 4.31. The number of hydrogen-bond donors (Lipinski definition) is 1. The van der Waals surface area contributed by atoms with Crippen LogP contribution in [0.5, 0.6) is 0 Å². The van der Waals surface area contributed by atoms with Crippen molar-refractivity contribution < 1.29 is 9.59 Å². The van der Waals surface area contributed by atoms with Crippen LogP contribution in [0.4, 0.5) is 0 Å². The van der Waals surface area contributed by atoms with E-state index >= 15 is 0 Å². The van der Waals surface area contributed by atoms with E-state index < -0.39 is 0 Å². The molecule has 0 bridgehead atoms. The highest BCUT2D eigenvalue weighted by Crippen LogP contribution is 2.36. The lowest BCUT2D eigenvalue weighted by Gasteiger charge is -2.07. The zero-order chi connectivity index (χ0) is 22.2. The molecule has 0 fully saturated rings. The number of amides is 2. The van der Waals surface area contributed by atoms with Crippen molar-refractivity contribution in [1.29, 1.82) is 0 Å². The maximum atomic E-state index is 12.9. The minimum atomic E-state index is -0.344. The van der Waals surface area contributed by atoms with Gasteiger partial charge in [0.25, 0.3) is 11.8 Å². The van der Waals surface area contributed by atoms with Gasteiger partial charge < -0.3 is 9.13 Å². The minimum absolute atomic E-state index is 0.344. The molecular formula is C26H24N4O2. The minimum Gasteiger partial charge on any atom is -0.347 e. The molecule has 0 spiro atoms. The lowest BCUT2D eigenvalue weighted by atomic mass is 9.95. The molecule has 0 atom stereocenters. The number of hydrogen-bond acceptors (Lipinski definition) is 3. The van der Waals surface area contributed by atoms with Gasteiger partial charge in [0.05, 0.1) is 17.5 Å². The Kier molecular flexibility index (Phi) is 4.98. The topological polar surface area (TPSA) is 68.9 Å². The van der Waals surface area contributed by atoms with Crippen LogP contribution in [0.25, 0.3) is 22.0 Å². The van der Waals surface area contributed by atoms with Crippen LogP contribution >= 0.6 is 0 Å². The van der Waals surface area contributed by atoms with Crippen molar-refractivity contribution in [3.8, 4) is 0 Å². The Labute approximate surface area is 186 Å². The second-order valence-electron chi connectivity index (χ2n) is 8.24. The molecule has 2 amide bonds. The van der Waals surface area contributed by atoms with E-state index in [9.17, 15) is 9.59 Å². The first-order chi connectivity index (χ1) is 15.5. The molecule has 1 aliphatic heterocycles. The molecule has 0 radical (unpaired) electrons. The van der Waals surface area contributed by atoms with Crippen molar-refractivity contribution in [2.24, 2.45) is 0 Å². The van der Waals surface area contributed by atoms with Crippen LogP contribution in [0.3, 0.4) is 0 Å². The molecule has 6 heteroatoms. The van der Waals surface area contributed by atoms with Crippen LogP contribution in [0.1, 0.15) is 28.8 Å². The summed E-state index contributed by atoms with van der Waals surface area (Å²) in [6.07, 6.45) is 6.64. The molecule has 6 nitrogen and oxygen atoms in total. The van der Waals surface area contributed by atoms with E-state index in [1.54, 1.807) is 0 Å². The van der Waals surface area contributed by atoms with Crippen LogP contribution < -0.4 is 5.32 Å². The molecule has 1 aliphatic rings. The fourth-order valence-corrected chi connectivity index (χ4v) is 4.45. The summed E-state index contributed by atoms with van der Waals surface area (Å²) in [6.45, 7) is 5.68. The number of para-hydroxylation sites is 1. The lowest BCUT2D eigenvalue weighted by molar-refractivity contribution is -0.122. The summed E-state index contributed by atoms with van der Waals surface area (Å²) in [5.74, 6) is -0.688. The highest BCUT2D eigenvalue weighted by molar-refractivity contribution is 6.50. The molecule has 0 saturated carbocycles. The molecule has 2 aromatic heterocycles. The molecule has 0 aliphatic carbocycles. The zero-order valence-electron chi connectivity index (χ0n) is 18.1. The van der Waals surface area contributed by atoms with Crippen LogP contribution in [-0.2, 0) is 22.7 Å². The molecule has 0 unspecified atom stereocenters. The van der Waals surface area contributed by atoms with Crippen molar-refractivity contribution in [1.82, 2.24) is 19.4 Å². The average molecular weight is 425 g/mol. The molecule has 2 aromatic carbocycles. The van der Waals surface area contributed by atoms with Gasteiger partial charge in [0.2, 0.25) is 0 Å². The molecule has 160 valence electrons. The van der Waals surface area contributed by atoms with E-state index in [1.807, 2.05) is 75.0 Å². The van der Waals surface area contributed by atoms with Gasteiger partial charge in [-0.15, -0.1) is 0 Å². The zero-order valence-corrected chi connectivity index (χ0v) is 18.1. The van der Waals surface area contributed by atoms with E-state index in [4.69, 9.17) is 0 Å². The second-order valence-corrected chi connectivity index (χ2v) is 8.24. The fourth-order valence-electron chi connectivity index (χ4n) is 4.45. The van der Waals surface area contributed by atoms with Gasteiger partial charge in [-0.05, 0) is 31.9 Å². The standard InChI is InChI=1S/C26H24N4O2/c1-17-7-5-8-19(13-17)23-24(26(32)28-25(23)31)21-15-29(22-10-4-3-9-20(21)22)11-6-12-30-16-27-14-18(30)2/h3-5,7-10,13-16H,6,11-12H2,1-2H3,(H,28,31,32). The monoisotopic (exact) mass is 424 g/mol. The number of nitrogens with zero attached hydrogens (tertiary/aromatic N) is 3. The number of rotatable bonds is 6. The second kappa shape index (κ2) is 7.96. The number of imide groups is 1. The van der Waals surface area contributed by atoms with Crippen molar-refractivity contribution in [3.63, 3.8) is 0 Å². The number of aryl methyl sites for hydroxylation is 4. The lowest BCUT2D eigenvalue weighted by Crippen LogP contribution is -2.22. The number of nitrogens with one attached hydrogen (secondary N) is 1. The van der Waals surface area contributed by atoms with Crippen molar-refractivity contribution >= 4 is 33.9 Å². The first-order valence-electron chi connectivity index (χ1n) is 10.7. The first kappa shape index (κ1) is 20.0. The number of fused-ring (bicyclic) bond motifs is 1. The molecule has 4 aromatic rings. The number of benzene rings is 2. The van der Waals surface area contributed by atoms with E-state index in [0.29, 0.717) is 11.1 Å². The largest absolute Gasteiger partial charge is 0.347 e. The summed E-state index contributed by atoms with van der Waals surface area (Å²) in [5, 5.41) is 3.47. The van der Waals surface area contributed by atoms with Gasteiger partial charge in [-0.25, -0.2) is 4.98 Å². The van der Waals surface area contributed by atoms with E-state index in [1.165, 1.54) is 0 Å². The van der Waals surface area contributed by atoms with E-state index in [2.05, 4.69) is 25.5 Å². The van der Waals surface area contributed by atoms with Gasteiger partial charge in [-0.1, -0.05) is 48.0 Å². The first-order valence-corrected chi connectivity index (χ1v) is 10.7. The molecule has 0 saturated heterocycles. The SMILES string of the molecule is Cc1cccc(C2=C(c3cn(CCCn4cncc4C)c4ccccc34)C(=O)NC2=O)c1. The summed E-state index contributed by atoms with van der Waals surface area (Å²) in [5.41, 5.74) is 5.66.